The lowest BCUT2D eigenvalue weighted by molar-refractivity contribution is 0.264. The highest BCUT2D eigenvalue weighted by atomic mass is 35.5. The average Bonchev–Trinajstić information content (AvgIpc) is 3.22. The van der Waals surface area contributed by atoms with Gasteiger partial charge in [0, 0.05) is 10.6 Å². The lowest BCUT2D eigenvalue weighted by atomic mass is 10.0. The molecule has 1 aromatic heterocycles. The molecule has 0 aliphatic rings. The van der Waals surface area contributed by atoms with Gasteiger partial charge in [-0.15, -0.1) is 10.2 Å². The monoisotopic (exact) mass is 387 g/mol. The molecule has 0 saturated carbocycles. The number of hydrogen-bond donors (Lipinski definition) is 0. The van der Waals surface area contributed by atoms with Crippen molar-refractivity contribution in [2.45, 2.75) is 6.61 Å². The van der Waals surface area contributed by atoms with Crippen molar-refractivity contribution < 1.29 is 9.15 Å². The molecule has 0 spiro atoms. The van der Waals surface area contributed by atoms with Crippen molar-refractivity contribution in [3.63, 3.8) is 0 Å². The van der Waals surface area contributed by atoms with E-state index in [0.29, 0.717) is 28.1 Å². The maximum Gasteiger partial charge on any atom is 0.254 e. The largest absolute Gasteiger partial charge is 0.484 e. The molecular weight excluding hydrogens is 374 g/mol. The van der Waals surface area contributed by atoms with Crippen LogP contribution in [0.15, 0.2) is 77.2 Å². The van der Waals surface area contributed by atoms with Crippen molar-refractivity contribution in [2.75, 3.05) is 0 Å². The van der Waals surface area contributed by atoms with E-state index in [9.17, 15) is 0 Å². The second kappa shape index (κ2) is 7.95. The van der Waals surface area contributed by atoms with Crippen LogP contribution in [0.3, 0.4) is 0 Å². The number of aromatic nitrogens is 2. The molecule has 0 fully saturated rings. The first kappa shape index (κ1) is 17.8. The molecule has 5 nitrogen and oxygen atoms in total. The minimum Gasteiger partial charge on any atom is -0.484 e. The summed E-state index contributed by atoms with van der Waals surface area (Å²) in [6.45, 7) is 0.177. The van der Waals surface area contributed by atoms with E-state index in [1.54, 1.807) is 24.3 Å². The molecule has 0 amide bonds. The molecule has 0 bridgehead atoms. The third kappa shape index (κ3) is 4.03. The van der Waals surface area contributed by atoms with Gasteiger partial charge in [0.2, 0.25) is 5.89 Å². The van der Waals surface area contributed by atoms with Gasteiger partial charge in [-0.1, -0.05) is 35.9 Å². The number of halogens is 1. The van der Waals surface area contributed by atoms with Crippen LogP contribution in [0.5, 0.6) is 5.75 Å². The zero-order chi connectivity index (χ0) is 19.3. The summed E-state index contributed by atoms with van der Waals surface area (Å²) in [4.78, 5) is 0. The Labute approximate surface area is 166 Å². The molecule has 0 aliphatic heterocycles. The molecular formula is C22H14ClN3O2. The van der Waals surface area contributed by atoms with Crippen LogP contribution in [0, 0.1) is 11.3 Å². The van der Waals surface area contributed by atoms with E-state index < -0.39 is 0 Å². The first-order valence-electron chi connectivity index (χ1n) is 8.53. The molecule has 4 rings (SSSR count). The molecule has 0 atom stereocenters. The van der Waals surface area contributed by atoms with Crippen LogP contribution in [0.25, 0.3) is 22.6 Å². The van der Waals surface area contributed by atoms with Crippen molar-refractivity contribution in [3.8, 4) is 34.4 Å². The minimum atomic E-state index is 0.177. The van der Waals surface area contributed by atoms with Gasteiger partial charge in [-0.25, -0.2) is 0 Å². The summed E-state index contributed by atoms with van der Waals surface area (Å²) in [6, 6.07) is 24.4. The summed E-state index contributed by atoms with van der Waals surface area (Å²) in [5, 5.41) is 17.6. The number of hydrogen-bond acceptors (Lipinski definition) is 5. The molecule has 3 aromatic carbocycles. The number of nitrogens with zero attached hydrogens (tertiary/aromatic N) is 3. The van der Waals surface area contributed by atoms with Crippen LogP contribution in [0.4, 0.5) is 0 Å². The average molecular weight is 388 g/mol. The van der Waals surface area contributed by atoms with Gasteiger partial charge in [0.15, 0.2) is 6.61 Å². The van der Waals surface area contributed by atoms with Crippen LogP contribution < -0.4 is 4.74 Å². The van der Waals surface area contributed by atoms with Gasteiger partial charge in [0.05, 0.1) is 11.6 Å². The Balaban J connectivity index is 1.40. The first-order chi connectivity index (χ1) is 13.7. The molecule has 6 heteroatoms. The Hall–Kier alpha value is -3.62. The van der Waals surface area contributed by atoms with Gasteiger partial charge in [-0.2, -0.15) is 5.26 Å². The molecule has 0 unspecified atom stereocenters. The minimum absolute atomic E-state index is 0.177. The quantitative estimate of drug-likeness (QED) is 0.451. The van der Waals surface area contributed by atoms with Crippen molar-refractivity contribution in [2.24, 2.45) is 0 Å². The third-order valence-corrected chi connectivity index (χ3v) is 4.37. The maximum absolute atomic E-state index is 8.88. The number of rotatable bonds is 5. The molecule has 0 aliphatic carbocycles. The van der Waals surface area contributed by atoms with Gasteiger partial charge in [0.1, 0.15) is 5.75 Å². The second-order valence-corrected chi connectivity index (χ2v) is 6.45. The van der Waals surface area contributed by atoms with Crippen molar-refractivity contribution >= 4 is 11.6 Å². The van der Waals surface area contributed by atoms with Gasteiger partial charge >= 0.3 is 0 Å². The lowest BCUT2D eigenvalue weighted by Crippen LogP contribution is -1.95. The van der Waals surface area contributed by atoms with E-state index in [2.05, 4.69) is 16.3 Å². The predicted molar refractivity (Wildman–Crippen MR) is 106 cm³/mol. The topological polar surface area (TPSA) is 71.9 Å². The van der Waals surface area contributed by atoms with Crippen molar-refractivity contribution in [3.05, 3.63) is 89.3 Å². The van der Waals surface area contributed by atoms with E-state index in [1.807, 2.05) is 48.5 Å². The fraction of sp³-hybridized carbons (Fsp3) is 0.0455. The summed E-state index contributed by atoms with van der Waals surface area (Å²) in [5.41, 5.74) is 3.52. The summed E-state index contributed by atoms with van der Waals surface area (Å²) in [7, 11) is 0. The van der Waals surface area contributed by atoms with Crippen molar-refractivity contribution in [1.82, 2.24) is 10.2 Å². The van der Waals surface area contributed by atoms with Crippen LogP contribution in [-0.2, 0) is 6.61 Å². The summed E-state index contributed by atoms with van der Waals surface area (Å²) < 4.78 is 11.4. The molecule has 0 N–H and O–H groups in total. The highest BCUT2D eigenvalue weighted by Crippen LogP contribution is 2.24. The normalized spacial score (nSPS) is 10.4. The van der Waals surface area contributed by atoms with Crippen LogP contribution in [0.2, 0.25) is 5.02 Å². The lowest BCUT2D eigenvalue weighted by Gasteiger charge is -2.06. The number of nitriles is 1. The number of ether oxygens (including phenoxy) is 1. The van der Waals surface area contributed by atoms with E-state index in [-0.39, 0.29) is 6.61 Å². The molecule has 1 heterocycles. The van der Waals surface area contributed by atoms with E-state index >= 15 is 0 Å². The van der Waals surface area contributed by atoms with Gasteiger partial charge in [-0.05, 0) is 59.7 Å². The SMILES string of the molecule is N#Cc1ccc(-c2ccc(OCc3nnc(-c4ccc(Cl)cc4)o3)cc2)cc1. The van der Waals surface area contributed by atoms with Crippen LogP contribution in [0.1, 0.15) is 11.5 Å². The Morgan fingerprint density at radius 2 is 1.43 bits per heavy atom. The summed E-state index contributed by atoms with van der Waals surface area (Å²) in [6.07, 6.45) is 0. The zero-order valence-corrected chi connectivity index (χ0v) is 15.4. The Morgan fingerprint density at radius 1 is 0.821 bits per heavy atom. The van der Waals surface area contributed by atoms with Crippen LogP contribution >= 0.6 is 11.6 Å². The van der Waals surface area contributed by atoms with Crippen molar-refractivity contribution in [1.29, 1.82) is 5.26 Å². The standard InChI is InChI=1S/C22H14ClN3O2/c23-19-9-5-18(6-10-19)22-26-25-21(28-22)14-27-20-11-7-17(8-12-20)16-3-1-15(13-24)2-4-16/h1-12H,14H2. The van der Waals surface area contributed by atoms with Gasteiger partial charge < -0.3 is 9.15 Å². The zero-order valence-electron chi connectivity index (χ0n) is 14.7. The fourth-order valence-electron chi connectivity index (χ4n) is 2.65. The molecule has 0 saturated heterocycles. The Bertz CT molecular complexity index is 1110. The number of benzene rings is 3. The van der Waals surface area contributed by atoms with E-state index in [1.165, 1.54) is 0 Å². The fourth-order valence-corrected chi connectivity index (χ4v) is 2.77. The summed E-state index contributed by atoms with van der Waals surface area (Å²) >= 11 is 5.89. The molecule has 136 valence electrons. The highest BCUT2D eigenvalue weighted by Gasteiger charge is 2.09. The Morgan fingerprint density at radius 3 is 2.07 bits per heavy atom. The van der Waals surface area contributed by atoms with E-state index in [4.69, 9.17) is 26.0 Å². The second-order valence-electron chi connectivity index (χ2n) is 6.01. The Kier molecular flexibility index (Phi) is 5.05. The first-order valence-corrected chi connectivity index (χ1v) is 8.91. The smallest absolute Gasteiger partial charge is 0.254 e. The molecule has 4 aromatic rings. The van der Waals surface area contributed by atoms with Gasteiger partial charge in [-0.3, -0.25) is 0 Å². The van der Waals surface area contributed by atoms with E-state index in [0.717, 1.165) is 16.7 Å². The predicted octanol–water partition coefficient (Wildman–Crippen LogP) is 5.51. The summed E-state index contributed by atoms with van der Waals surface area (Å²) in [5.74, 6) is 1.51. The molecule has 28 heavy (non-hydrogen) atoms. The van der Waals surface area contributed by atoms with Gasteiger partial charge in [0.25, 0.3) is 5.89 Å². The maximum atomic E-state index is 8.88. The highest BCUT2D eigenvalue weighted by molar-refractivity contribution is 6.30. The third-order valence-electron chi connectivity index (χ3n) is 4.12. The molecule has 0 radical (unpaired) electrons. The van der Waals surface area contributed by atoms with Crippen LogP contribution in [-0.4, -0.2) is 10.2 Å².